The third-order valence-electron chi connectivity index (χ3n) is 4.41. The Hall–Kier alpha value is -4.48. The van der Waals surface area contributed by atoms with Gasteiger partial charge in [-0.3, -0.25) is 14.6 Å². The van der Waals surface area contributed by atoms with Crippen LogP contribution in [-0.4, -0.2) is 26.8 Å². The maximum absolute atomic E-state index is 13.0. The SMILES string of the molecule is NC(=O)/C(=C1\Nc2ccc(C(=O)Nc3ccncc3)cc2N1)c1nccc(C(F)(F)F)n1. The average molecular weight is 441 g/mol. The van der Waals surface area contributed by atoms with Gasteiger partial charge in [0.05, 0.1) is 11.4 Å². The van der Waals surface area contributed by atoms with Gasteiger partial charge in [-0.1, -0.05) is 0 Å². The number of amides is 2. The first-order valence-electron chi connectivity index (χ1n) is 9.06. The molecular weight excluding hydrogens is 427 g/mol. The second-order valence-electron chi connectivity index (χ2n) is 6.58. The molecule has 4 rings (SSSR count). The number of rotatable bonds is 4. The van der Waals surface area contributed by atoms with Crippen LogP contribution < -0.4 is 21.7 Å². The number of carbonyl (C=O) groups is 2. The van der Waals surface area contributed by atoms with Gasteiger partial charge in [0.15, 0.2) is 5.82 Å². The summed E-state index contributed by atoms with van der Waals surface area (Å²) in [4.78, 5) is 35.6. The molecule has 0 saturated heterocycles. The Labute approximate surface area is 178 Å². The van der Waals surface area contributed by atoms with Gasteiger partial charge in [-0.25, -0.2) is 9.97 Å². The molecule has 1 aliphatic heterocycles. The highest BCUT2D eigenvalue weighted by Gasteiger charge is 2.34. The van der Waals surface area contributed by atoms with Gasteiger partial charge >= 0.3 is 6.18 Å². The Morgan fingerprint density at radius 1 is 0.969 bits per heavy atom. The van der Waals surface area contributed by atoms with Crippen LogP contribution in [0.15, 0.2) is 60.8 Å². The van der Waals surface area contributed by atoms with Crippen LogP contribution in [0.25, 0.3) is 5.57 Å². The molecule has 9 nitrogen and oxygen atoms in total. The topological polar surface area (TPSA) is 135 Å². The molecular formula is C20H14F3N7O2. The van der Waals surface area contributed by atoms with Crippen LogP contribution >= 0.6 is 0 Å². The first kappa shape index (κ1) is 20.8. The maximum atomic E-state index is 13.0. The van der Waals surface area contributed by atoms with Crippen molar-refractivity contribution in [3.63, 3.8) is 0 Å². The Morgan fingerprint density at radius 3 is 2.38 bits per heavy atom. The van der Waals surface area contributed by atoms with E-state index in [-0.39, 0.29) is 11.4 Å². The van der Waals surface area contributed by atoms with Crippen molar-refractivity contribution in [2.75, 3.05) is 16.0 Å². The summed E-state index contributed by atoms with van der Waals surface area (Å²) in [5.74, 6) is -1.93. The van der Waals surface area contributed by atoms with Crippen LogP contribution in [0.4, 0.5) is 30.2 Å². The third-order valence-corrected chi connectivity index (χ3v) is 4.41. The number of carbonyl (C=O) groups excluding carboxylic acids is 2. The molecule has 162 valence electrons. The molecule has 0 radical (unpaired) electrons. The lowest BCUT2D eigenvalue weighted by molar-refractivity contribution is -0.141. The summed E-state index contributed by atoms with van der Waals surface area (Å²) in [6.45, 7) is 0. The summed E-state index contributed by atoms with van der Waals surface area (Å²) in [5, 5.41) is 8.41. The molecule has 12 heteroatoms. The summed E-state index contributed by atoms with van der Waals surface area (Å²) in [7, 11) is 0. The minimum Gasteiger partial charge on any atom is -0.365 e. The highest BCUT2D eigenvalue weighted by Crippen LogP contribution is 2.35. The maximum Gasteiger partial charge on any atom is 0.433 e. The van der Waals surface area contributed by atoms with Gasteiger partial charge < -0.3 is 21.7 Å². The highest BCUT2D eigenvalue weighted by molar-refractivity contribution is 6.20. The highest BCUT2D eigenvalue weighted by atomic mass is 19.4. The Morgan fingerprint density at radius 2 is 1.69 bits per heavy atom. The normalized spacial score (nSPS) is 14.1. The lowest BCUT2D eigenvalue weighted by Crippen LogP contribution is -2.21. The second-order valence-corrected chi connectivity index (χ2v) is 6.58. The van der Waals surface area contributed by atoms with Crippen LogP contribution in [0.5, 0.6) is 0 Å². The van der Waals surface area contributed by atoms with Crippen LogP contribution in [0.3, 0.4) is 0 Å². The summed E-state index contributed by atoms with van der Waals surface area (Å²) in [6, 6.07) is 8.56. The zero-order valence-electron chi connectivity index (χ0n) is 16.1. The van der Waals surface area contributed by atoms with Crippen molar-refractivity contribution in [2.45, 2.75) is 6.18 Å². The third kappa shape index (κ3) is 4.19. The Balaban J connectivity index is 1.64. The minimum atomic E-state index is -4.72. The molecule has 2 amide bonds. The van der Waals surface area contributed by atoms with Crippen molar-refractivity contribution in [2.24, 2.45) is 5.73 Å². The van der Waals surface area contributed by atoms with Crippen molar-refractivity contribution in [1.82, 2.24) is 15.0 Å². The predicted octanol–water partition coefficient (Wildman–Crippen LogP) is 2.83. The molecule has 3 aromatic rings. The van der Waals surface area contributed by atoms with Crippen molar-refractivity contribution >= 4 is 34.4 Å². The molecule has 2 aromatic heterocycles. The van der Waals surface area contributed by atoms with E-state index in [1.165, 1.54) is 24.5 Å². The first-order chi connectivity index (χ1) is 15.2. The van der Waals surface area contributed by atoms with Crippen molar-refractivity contribution in [1.29, 1.82) is 0 Å². The predicted molar refractivity (Wildman–Crippen MR) is 109 cm³/mol. The van der Waals surface area contributed by atoms with E-state index < -0.39 is 29.5 Å². The van der Waals surface area contributed by atoms with E-state index >= 15 is 0 Å². The molecule has 0 bridgehead atoms. The molecule has 5 N–H and O–H groups in total. The number of nitrogens with two attached hydrogens (primary N) is 1. The standard InChI is InChI=1S/C20H14F3N7O2/c21-20(22,23)14-5-8-26-17(30-14)15(16(24)31)18-28-12-2-1-10(9-13(12)29-18)19(32)27-11-3-6-25-7-4-11/h1-9,28-29H,(H2,24,31)(H,25,27,32)/b18-15-. The quantitative estimate of drug-likeness (QED) is 0.457. The molecule has 0 spiro atoms. The molecule has 1 aromatic carbocycles. The van der Waals surface area contributed by atoms with Gasteiger partial charge in [0.1, 0.15) is 17.1 Å². The summed E-state index contributed by atoms with van der Waals surface area (Å²) < 4.78 is 39.0. The van der Waals surface area contributed by atoms with E-state index in [9.17, 15) is 22.8 Å². The number of fused-ring (bicyclic) bond motifs is 1. The molecule has 3 heterocycles. The fourth-order valence-corrected chi connectivity index (χ4v) is 2.94. The second kappa shape index (κ2) is 7.98. The number of anilines is 3. The summed E-state index contributed by atoms with van der Waals surface area (Å²) in [6.07, 6.45) is -0.774. The largest absolute Gasteiger partial charge is 0.433 e. The fourth-order valence-electron chi connectivity index (χ4n) is 2.94. The van der Waals surface area contributed by atoms with Gasteiger partial charge in [-0.2, -0.15) is 13.2 Å². The van der Waals surface area contributed by atoms with Gasteiger partial charge in [0.2, 0.25) is 0 Å². The van der Waals surface area contributed by atoms with E-state index in [2.05, 4.69) is 30.9 Å². The fraction of sp³-hybridized carbons (Fsp3) is 0.0500. The first-order valence-corrected chi connectivity index (χ1v) is 9.06. The number of nitrogens with one attached hydrogen (secondary N) is 3. The van der Waals surface area contributed by atoms with E-state index in [1.807, 2.05) is 0 Å². The number of alkyl halides is 3. The van der Waals surface area contributed by atoms with Crippen LogP contribution in [0.2, 0.25) is 0 Å². The molecule has 0 saturated carbocycles. The van der Waals surface area contributed by atoms with Gasteiger partial charge in [0.25, 0.3) is 11.8 Å². The number of nitrogens with zero attached hydrogens (tertiary/aromatic N) is 3. The molecule has 1 aliphatic rings. The molecule has 0 aliphatic carbocycles. The van der Waals surface area contributed by atoms with Crippen molar-refractivity contribution < 1.29 is 22.8 Å². The number of hydrogen-bond donors (Lipinski definition) is 4. The van der Waals surface area contributed by atoms with Crippen molar-refractivity contribution in [3.05, 3.63) is 77.9 Å². The van der Waals surface area contributed by atoms with E-state index in [4.69, 9.17) is 5.73 Å². The zero-order valence-corrected chi connectivity index (χ0v) is 16.1. The van der Waals surface area contributed by atoms with Crippen LogP contribution in [0.1, 0.15) is 21.9 Å². The smallest absolute Gasteiger partial charge is 0.365 e. The monoisotopic (exact) mass is 441 g/mol. The number of halogens is 3. The summed E-state index contributed by atoms with van der Waals surface area (Å²) >= 11 is 0. The number of benzene rings is 1. The Kier molecular flexibility index (Phi) is 5.18. The molecule has 0 fully saturated rings. The minimum absolute atomic E-state index is 0.00137. The average Bonchev–Trinajstić information content (AvgIpc) is 3.16. The van der Waals surface area contributed by atoms with E-state index in [0.717, 1.165) is 6.20 Å². The lowest BCUT2D eigenvalue weighted by Gasteiger charge is -2.10. The lowest BCUT2D eigenvalue weighted by atomic mass is 10.1. The van der Waals surface area contributed by atoms with Gasteiger partial charge in [0, 0.05) is 29.8 Å². The number of pyridine rings is 1. The van der Waals surface area contributed by atoms with Crippen LogP contribution in [0, 0.1) is 0 Å². The van der Waals surface area contributed by atoms with Crippen molar-refractivity contribution in [3.8, 4) is 0 Å². The summed E-state index contributed by atoms with van der Waals surface area (Å²) in [5.41, 5.74) is 5.56. The molecule has 0 unspecified atom stereocenters. The number of aromatic nitrogens is 3. The van der Waals surface area contributed by atoms with Gasteiger partial charge in [-0.15, -0.1) is 0 Å². The zero-order chi connectivity index (χ0) is 22.9. The molecule has 32 heavy (non-hydrogen) atoms. The van der Waals surface area contributed by atoms with Crippen LogP contribution in [-0.2, 0) is 11.0 Å². The van der Waals surface area contributed by atoms with E-state index in [0.29, 0.717) is 28.7 Å². The Bertz CT molecular complexity index is 1240. The number of hydrogen-bond acceptors (Lipinski definition) is 7. The van der Waals surface area contributed by atoms with E-state index in [1.54, 1.807) is 18.2 Å². The van der Waals surface area contributed by atoms with Gasteiger partial charge in [-0.05, 0) is 36.4 Å². The molecule has 0 atom stereocenters. The number of primary amides is 1.